The van der Waals surface area contributed by atoms with Gasteiger partial charge in [-0.15, -0.1) is 0 Å². The molecule has 3 aromatic heterocycles. The van der Waals surface area contributed by atoms with Crippen molar-refractivity contribution in [2.75, 3.05) is 12.4 Å². The number of hydrogen-bond donors (Lipinski definition) is 1. The third-order valence-electron chi connectivity index (χ3n) is 4.71. The Hall–Kier alpha value is -3.48. The molecular weight excluding hydrogens is 342 g/mol. The van der Waals surface area contributed by atoms with Gasteiger partial charge in [-0.25, -0.2) is 19.3 Å². The first kappa shape index (κ1) is 15.7. The van der Waals surface area contributed by atoms with Crippen LogP contribution in [-0.2, 0) is 4.74 Å². The minimum atomic E-state index is -0.375. The van der Waals surface area contributed by atoms with Crippen molar-refractivity contribution in [3.05, 3.63) is 59.9 Å². The molecule has 1 aliphatic carbocycles. The van der Waals surface area contributed by atoms with Crippen LogP contribution in [0.15, 0.2) is 48.7 Å². The predicted octanol–water partition coefficient (Wildman–Crippen LogP) is 3.69. The molecular formula is C20H17N5O2. The standard InChI is InChI=1S/C20H17N5O2/c1-27-20(26)13-4-2-5-14(10-13)22-18-17-11-16(12-7-8-12)24-25(17)19-15(23-18)6-3-9-21-19/h2-6,9-12H,7-8H2,1H3,(H,22,23). The van der Waals surface area contributed by atoms with Crippen molar-refractivity contribution in [3.63, 3.8) is 0 Å². The SMILES string of the molecule is COC(=O)c1cccc(Nc2nc3cccnc3n3nc(C4CC4)cc23)c1. The van der Waals surface area contributed by atoms with Crippen LogP contribution in [0.5, 0.6) is 0 Å². The molecule has 1 aromatic carbocycles. The number of pyridine rings is 1. The lowest BCUT2D eigenvalue weighted by Gasteiger charge is -2.10. The number of fused-ring (bicyclic) bond motifs is 3. The van der Waals surface area contributed by atoms with E-state index in [4.69, 9.17) is 14.8 Å². The fourth-order valence-corrected chi connectivity index (χ4v) is 3.20. The molecule has 5 rings (SSSR count). The number of rotatable bonds is 4. The van der Waals surface area contributed by atoms with Crippen LogP contribution in [0.2, 0.25) is 0 Å². The minimum Gasteiger partial charge on any atom is -0.465 e. The van der Waals surface area contributed by atoms with Gasteiger partial charge in [-0.05, 0) is 49.2 Å². The number of aromatic nitrogens is 4. The number of esters is 1. The lowest BCUT2D eigenvalue weighted by atomic mass is 10.2. The van der Waals surface area contributed by atoms with Gasteiger partial charge >= 0.3 is 5.97 Å². The van der Waals surface area contributed by atoms with Gasteiger partial charge in [-0.1, -0.05) is 6.07 Å². The number of methoxy groups -OCH3 is 1. The van der Waals surface area contributed by atoms with Crippen molar-refractivity contribution in [3.8, 4) is 0 Å². The highest BCUT2D eigenvalue weighted by Crippen LogP contribution is 2.40. The van der Waals surface area contributed by atoms with E-state index in [1.54, 1.807) is 24.4 Å². The summed E-state index contributed by atoms with van der Waals surface area (Å²) in [5, 5.41) is 8.09. The highest BCUT2D eigenvalue weighted by Gasteiger charge is 2.27. The molecule has 1 saturated carbocycles. The largest absolute Gasteiger partial charge is 0.465 e. The molecule has 0 aliphatic heterocycles. The average Bonchev–Trinajstić information content (AvgIpc) is 3.46. The summed E-state index contributed by atoms with van der Waals surface area (Å²) in [6, 6.07) is 13.0. The maximum atomic E-state index is 11.8. The van der Waals surface area contributed by atoms with Crippen LogP contribution in [0.1, 0.15) is 34.8 Å². The summed E-state index contributed by atoms with van der Waals surface area (Å²) in [5.74, 6) is 0.830. The second-order valence-corrected chi connectivity index (χ2v) is 6.64. The van der Waals surface area contributed by atoms with E-state index in [0.29, 0.717) is 17.3 Å². The van der Waals surface area contributed by atoms with E-state index in [1.165, 1.54) is 20.0 Å². The van der Waals surface area contributed by atoms with E-state index in [2.05, 4.69) is 16.4 Å². The van der Waals surface area contributed by atoms with E-state index < -0.39 is 0 Å². The fraction of sp³-hybridized carbons (Fsp3) is 0.200. The number of carbonyl (C=O) groups excluding carboxylic acids is 1. The quantitative estimate of drug-likeness (QED) is 0.560. The summed E-state index contributed by atoms with van der Waals surface area (Å²) < 4.78 is 6.65. The summed E-state index contributed by atoms with van der Waals surface area (Å²) in [5.41, 5.74) is 4.65. The molecule has 134 valence electrons. The third-order valence-corrected chi connectivity index (χ3v) is 4.71. The molecule has 1 fully saturated rings. The first-order valence-electron chi connectivity index (χ1n) is 8.83. The molecule has 27 heavy (non-hydrogen) atoms. The lowest BCUT2D eigenvalue weighted by molar-refractivity contribution is 0.0601. The Morgan fingerprint density at radius 1 is 1.22 bits per heavy atom. The summed E-state index contributed by atoms with van der Waals surface area (Å²) in [7, 11) is 1.37. The Labute approximate surface area is 155 Å². The van der Waals surface area contributed by atoms with E-state index >= 15 is 0 Å². The van der Waals surface area contributed by atoms with Crippen LogP contribution in [0.3, 0.4) is 0 Å². The number of benzene rings is 1. The third kappa shape index (κ3) is 2.77. The number of carbonyl (C=O) groups is 1. The van der Waals surface area contributed by atoms with E-state index in [9.17, 15) is 4.79 Å². The Bertz CT molecular complexity index is 1180. The summed E-state index contributed by atoms with van der Waals surface area (Å²) in [4.78, 5) is 21.0. The zero-order valence-electron chi connectivity index (χ0n) is 14.7. The van der Waals surface area contributed by atoms with Gasteiger partial charge in [0.1, 0.15) is 11.0 Å². The number of ether oxygens (including phenoxy) is 1. The highest BCUT2D eigenvalue weighted by atomic mass is 16.5. The van der Waals surface area contributed by atoms with Crippen molar-refractivity contribution in [2.45, 2.75) is 18.8 Å². The van der Waals surface area contributed by atoms with Crippen LogP contribution in [0.25, 0.3) is 16.7 Å². The number of anilines is 2. The number of nitrogens with one attached hydrogen (secondary N) is 1. The van der Waals surface area contributed by atoms with Crippen LogP contribution < -0.4 is 5.32 Å². The van der Waals surface area contributed by atoms with E-state index in [0.717, 1.165) is 28.1 Å². The number of hydrogen-bond acceptors (Lipinski definition) is 6. The zero-order chi connectivity index (χ0) is 18.4. The van der Waals surface area contributed by atoms with Gasteiger partial charge in [0.25, 0.3) is 0 Å². The van der Waals surface area contributed by atoms with E-state index in [-0.39, 0.29) is 5.97 Å². The van der Waals surface area contributed by atoms with Gasteiger partial charge in [-0.2, -0.15) is 5.10 Å². The van der Waals surface area contributed by atoms with Crippen molar-refractivity contribution in [1.82, 2.24) is 19.6 Å². The van der Waals surface area contributed by atoms with Gasteiger partial charge in [0.05, 0.1) is 18.4 Å². The first-order valence-corrected chi connectivity index (χ1v) is 8.83. The van der Waals surface area contributed by atoms with Gasteiger partial charge in [0.2, 0.25) is 0 Å². The summed E-state index contributed by atoms with van der Waals surface area (Å²) in [6.45, 7) is 0. The average molecular weight is 359 g/mol. The molecule has 1 aliphatic rings. The molecule has 0 radical (unpaired) electrons. The van der Waals surface area contributed by atoms with Crippen LogP contribution in [0.4, 0.5) is 11.5 Å². The molecule has 0 unspecified atom stereocenters. The fourth-order valence-electron chi connectivity index (χ4n) is 3.20. The predicted molar refractivity (Wildman–Crippen MR) is 101 cm³/mol. The molecule has 3 heterocycles. The van der Waals surface area contributed by atoms with Crippen LogP contribution in [0, 0.1) is 0 Å². The lowest BCUT2D eigenvalue weighted by Crippen LogP contribution is -2.04. The summed E-state index contributed by atoms with van der Waals surface area (Å²) in [6.07, 6.45) is 4.09. The molecule has 0 bridgehead atoms. The van der Waals surface area contributed by atoms with Crippen molar-refractivity contribution >= 4 is 34.2 Å². The number of nitrogens with zero attached hydrogens (tertiary/aromatic N) is 4. The zero-order valence-corrected chi connectivity index (χ0v) is 14.7. The second-order valence-electron chi connectivity index (χ2n) is 6.64. The van der Waals surface area contributed by atoms with Crippen molar-refractivity contribution < 1.29 is 9.53 Å². The molecule has 7 heteroatoms. The summed E-state index contributed by atoms with van der Waals surface area (Å²) >= 11 is 0. The smallest absolute Gasteiger partial charge is 0.337 e. The molecule has 7 nitrogen and oxygen atoms in total. The maximum absolute atomic E-state index is 11.8. The van der Waals surface area contributed by atoms with Gasteiger partial charge in [0.15, 0.2) is 11.5 Å². The Morgan fingerprint density at radius 2 is 2.11 bits per heavy atom. The van der Waals surface area contributed by atoms with Crippen molar-refractivity contribution in [2.24, 2.45) is 0 Å². The van der Waals surface area contributed by atoms with Gasteiger partial charge in [0, 0.05) is 17.8 Å². The van der Waals surface area contributed by atoms with Gasteiger partial charge in [-0.3, -0.25) is 0 Å². The van der Waals surface area contributed by atoms with Gasteiger partial charge < -0.3 is 10.1 Å². The normalized spacial score (nSPS) is 13.8. The minimum absolute atomic E-state index is 0.375. The molecule has 0 spiro atoms. The molecule has 0 saturated heterocycles. The van der Waals surface area contributed by atoms with Crippen molar-refractivity contribution in [1.29, 1.82) is 0 Å². The molecule has 4 aromatic rings. The first-order chi connectivity index (χ1) is 13.2. The Morgan fingerprint density at radius 3 is 2.93 bits per heavy atom. The van der Waals surface area contributed by atoms with Crippen LogP contribution >= 0.6 is 0 Å². The molecule has 1 N–H and O–H groups in total. The highest BCUT2D eigenvalue weighted by molar-refractivity contribution is 5.91. The second kappa shape index (κ2) is 6.05. The molecule has 0 atom stereocenters. The maximum Gasteiger partial charge on any atom is 0.337 e. The Kier molecular flexibility index (Phi) is 3.53. The monoisotopic (exact) mass is 359 g/mol. The topological polar surface area (TPSA) is 81.4 Å². The molecule has 0 amide bonds. The van der Waals surface area contributed by atoms with E-state index in [1.807, 2.05) is 22.7 Å². The Balaban J connectivity index is 1.64. The van der Waals surface area contributed by atoms with Crippen LogP contribution in [-0.4, -0.2) is 32.7 Å².